The standard InChI is InChI=1S/C24H25N3O4S/c1-3-27(4-2)24(29)21-15-8-9-16-22(21)25-23(28)18-11-10-12-19(17-18)26-32(30,31)20-13-6-5-7-14-20/h5-17,26H,3-4H2,1-2H3,(H,25,28). The lowest BCUT2D eigenvalue weighted by atomic mass is 10.1. The highest BCUT2D eigenvalue weighted by atomic mass is 32.2. The van der Waals surface area contributed by atoms with Crippen LogP contribution in [0.4, 0.5) is 11.4 Å². The Bertz CT molecular complexity index is 1210. The van der Waals surface area contributed by atoms with E-state index in [0.29, 0.717) is 24.3 Å². The van der Waals surface area contributed by atoms with Gasteiger partial charge in [0.25, 0.3) is 21.8 Å². The molecule has 2 N–H and O–H groups in total. The molecule has 0 radical (unpaired) electrons. The Hall–Kier alpha value is -3.65. The van der Waals surface area contributed by atoms with Crippen LogP contribution in [0, 0.1) is 0 Å². The highest BCUT2D eigenvalue weighted by Crippen LogP contribution is 2.21. The van der Waals surface area contributed by atoms with Gasteiger partial charge in [-0.3, -0.25) is 14.3 Å². The van der Waals surface area contributed by atoms with E-state index in [2.05, 4.69) is 10.0 Å². The summed E-state index contributed by atoms with van der Waals surface area (Å²) in [6.07, 6.45) is 0. The molecule has 0 spiro atoms. The largest absolute Gasteiger partial charge is 0.339 e. The lowest BCUT2D eigenvalue weighted by molar-refractivity contribution is 0.0774. The van der Waals surface area contributed by atoms with Crippen LogP contribution < -0.4 is 10.0 Å². The van der Waals surface area contributed by atoms with Gasteiger partial charge in [0, 0.05) is 24.3 Å². The molecule has 0 heterocycles. The van der Waals surface area contributed by atoms with Gasteiger partial charge in [0.2, 0.25) is 0 Å². The summed E-state index contributed by atoms with van der Waals surface area (Å²) < 4.78 is 27.6. The van der Waals surface area contributed by atoms with Crippen LogP contribution in [-0.2, 0) is 10.0 Å². The Labute approximate surface area is 188 Å². The number of nitrogens with zero attached hydrogens (tertiary/aromatic N) is 1. The predicted molar refractivity (Wildman–Crippen MR) is 125 cm³/mol. The molecular formula is C24H25N3O4S. The summed E-state index contributed by atoms with van der Waals surface area (Å²) in [5.74, 6) is -0.624. The van der Waals surface area contributed by atoms with Crippen molar-refractivity contribution < 1.29 is 18.0 Å². The fraction of sp³-hybridized carbons (Fsp3) is 0.167. The van der Waals surface area contributed by atoms with Gasteiger partial charge in [0.1, 0.15) is 0 Å². The van der Waals surface area contributed by atoms with Gasteiger partial charge < -0.3 is 10.2 Å². The van der Waals surface area contributed by atoms with Gasteiger partial charge >= 0.3 is 0 Å². The van der Waals surface area contributed by atoms with Crippen LogP contribution in [0.25, 0.3) is 0 Å². The minimum absolute atomic E-state index is 0.124. The number of rotatable bonds is 8. The molecule has 166 valence electrons. The highest BCUT2D eigenvalue weighted by molar-refractivity contribution is 7.92. The van der Waals surface area contributed by atoms with Crippen molar-refractivity contribution in [2.45, 2.75) is 18.7 Å². The van der Waals surface area contributed by atoms with Crippen LogP contribution in [0.3, 0.4) is 0 Å². The molecule has 0 unspecified atom stereocenters. The van der Waals surface area contributed by atoms with Gasteiger partial charge in [-0.05, 0) is 56.3 Å². The maximum atomic E-state index is 12.9. The Kier molecular flexibility index (Phi) is 7.27. The molecule has 3 aromatic carbocycles. The van der Waals surface area contributed by atoms with Gasteiger partial charge in [0.05, 0.1) is 16.1 Å². The number of hydrogen-bond donors (Lipinski definition) is 2. The van der Waals surface area contributed by atoms with E-state index in [4.69, 9.17) is 0 Å². The third-order valence-electron chi connectivity index (χ3n) is 4.89. The van der Waals surface area contributed by atoms with Crippen LogP contribution in [0.1, 0.15) is 34.6 Å². The lowest BCUT2D eigenvalue weighted by Crippen LogP contribution is -2.31. The SMILES string of the molecule is CCN(CC)C(=O)c1ccccc1NC(=O)c1cccc(NS(=O)(=O)c2ccccc2)c1. The number of amides is 2. The van der Waals surface area contributed by atoms with Crippen LogP contribution >= 0.6 is 0 Å². The van der Waals surface area contributed by atoms with Crippen molar-refractivity contribution in [1.29, 1.82) is 0 Å². The maximum absolute atomic E-state index is 12.9. The zero-order valence-electron chi connectivity index (χ0n) is 17.9. The number of sulfonamides is 1. The third kappa shape index (κ3) is 5.33. The van der Waals surface area contributed by atoms with E-state index in [1.54, 1.807) is 65.6 Å². The monoisotopic (exact) mass is 451 g/mol. The molecule has 0 aliphatic carbocycles. The Morgan fingerprint density at radius 2 is 1.50 bits per heavy atom. The zero-order chi connectivity index (χ0) is 23.1. The van der Waals surface area contributed by atoms with Crippen LogP contribution in [0.2, 0.25) is 0 Å². The maximum Gasteiger partial charge on any atom is 0.261 e. The smallest absolute Gasteiger partial charge is 0.261 e. The molecule has 2 amide bonds. The van der Waals surface area contributed by atoms with Crippen molar-refractivity contribution in [1.82, 2.24) is 4.90 Å². The van der Waals surface area contributed by atoms with Crippen molar-refractivity contribution in [3.8, 4) is 0 Å². The summed E-state index contributed by atoms with van der Waals surface area (Å²) in [5, 5.41) is 2.77. The molecule has 7 nitrogen and oxygen atoms in total. The van der Waals surface area contributed by atoms with E-state index in [9.17, 15) is 18.0 Å². The van der Waals surface area contributed by atoms with Gasteiger partial charge in [-0.15, -0.1) is 0 Å². The average molecular weight is 452 g/mol. The molecule has 0 atom stereocenters. The Balaban J connectivity index is 1.81. The second kappa shape index (κ2) is 10.1. The fourth-order valence-corrected chi connectivity index (χ4v) is 4.26. The number of para-hydroxylation sites is 1. The first-order valence-corrected chi connectivity index (χ1v) is 11.7. The fourth-order valence-electron chi connectivity index (χ4n) is 3.19. The first-order chi connectivity index (χ1) is 15.4. The molecule has 8 heteroatoms. The summed E-state index contributed by atoms with van der Waals surface area (Å²) in [6.45, 7) is 4.90. The van der Waals surface area contributed by atoms with E-state index in [-0.39, 0.29) is 22.1 Å². The summed E-state index contributed by atoms with van der Waals surface area (Å²) in [6, 6.07) is 21.0. The van der Waals surface area contributed by atoms with E-state index in [1.807, 2.05) is 13.8 Å². The zero-order valence-corrected chi connectivity index (χ0v) is 18.7. The molecular weight excluding hydrogens is 426 g/mol. The van der Waals surface area contributed by atoms with Gasteiger partial charge in [-0.2, -0.15) is 0 Å². The average Bonchev–Trinajstić information content (AvgIpc) is 2.80. The number of nitrogens with one attached hydrogen (secondary N) is 2. The highest BCUT2D eigenvalue weighted by Gasteiger charge is 2.19. The number of carbonyl (C=O) groups excluding carboxylic acids is 2. The van der Waals surface area contributed by atoms with Crippen molar-refractivity contribution >= 4 is 33.2 Å². The number of carbonyl (C=O) groups is 2. The van der Waals surface area contributed by atoms with Gasteiger partial charge in [-0.25, -0.2) is 8.42 Å². The Morgan fingerprint density at radius 3 is 2.19 bits per heavy atom. The van der Waals surface area contributed by atoms with Crippen molar-refractivity contribution in [2.75, 3.05) is 23.1 Å². The molecule has 0 bridgehead atoms. The number of benzene rings is 3. The number of hydrogen-bond acceptors (Lipinski definition) is 4. The number of anilines is 2. The second-order valence-electron chi connectivity index (χ2n) is 6.98. The Morgan fingerprint density at radius 1 is 0.844 bits per heavy atom. The lowest BCUT2D eigenvalue weighted by Gasteiger charge is -2.20. The summed E-state index contributed by atoms with van der Waals surface area (Å²) >= 11 is 0. The summed E-state index contributed by atoms with van der Waals surface area (Å²) in [5.41, 5.74) is 1.30. The van der Waals surface area contributed by atoms with Gasteiger partial charge in [-0.1, -0.05) is 36.4 Å². The van der Waals surface area contributed by atoms with Crippen LogP contribution in [-0.4, -0.2) is 38.2 Å². The normalized spacial score (nSPS) is 10.9. The van der Waals surface area contributed by atoms with E-state index < -0.39 is 15.9 Å². The van der Waals surface area contributed by atoms with Crippen molar-refractivity contribution in [3.05, 3.63) is 90.0 Å². The topological polar surface area (TPSA) is 95.6 Å². The molecule has 32 heavy (non-hydrogen) atoms. The minimum Gasteiger partial charge on any atom is -0.339 e. The van der Waals surface area contributed by atoms with E-state index in [1.165, 1.54) is 18.2 Å². The molecule has 3 aromatic rings. The minimum atomic E-state index is -3.78. The van der Waals surface area contributed by atoms with E-state index >= 15 is 0 Å². The van der Waals surface area contributed by atoms with E-state index in [0.717, 1.165) is 0 Å². The summed E-state index contributed by atoms with van der Waals surface area (Å²) in [7, 11) is -3.78. The van der Waals surface area contributed by atoms with Crippen molar-refractivity contribution in [3.63, 3.8) is 0 Å². The summed E-state index contributed by atoms with van der Waals surface area (Å²) in [4.78, 5) is 27.5. The molecule has 3 rings (SSSR count). The van der Waals surface area contributed by atoms with Crippen LogP contribution in [0.15, 0.2) is 83.8 Å². The third-order valence-corrected chi connectivity index (χ3v) is 6.28. The molecule has 0 saturated carbocycles. The molecule has 0 aliphatic rings. The molecule has 0 aromatic heterocycles. The molecule has 0 aliphatic heterocycles. The quantitative estimate of drug-likeness (QED) is 0.536. The predicted octanol–water partition coefficient (Wildman–Crippen LogP) is 4.22. The molecule has 0 fully saturated rings. The first kappa shape index (κ1) is 23.0. The first-order valence-electron chi connectivity index (χ1n) is 10.2. The van der Waals surface area contributed by atoms with Crippen LogP contribution in [0.5, 0.6) is 0 Å². The van der Waals surface area contributed by atoms with Gasteiger partial charge in [0.15, 0.2) is 0 Å². The second-order valence-corrected chi connectivity index (χ2v) is 8.66. The van der Waals surface area contributed by atoms with Crippen molar-refractivity contribution in [2.24, 2.45) is 0 Å². The molecule has 0 saturated heterocycles.